The fourth-order valence-corrected chi connectivity index (χ4v) is 2.82. The molecule has 3 atom stereocenters. The van der Waals surface area contributed by atoms with Crippen molar-refractivity contribution >= 4 is 0 Å². The summed E-state index contributed by atoms with van der Waals surface area (Å²) in [5, 5.41) is 3.37. The first kappa shape index (κ1) is 11.0. The molecule has 0 radical (unpaired) electrons. The van der Waals surface area contributed by atoms with Gasteiger partial charge in [-0.2, -0.15) is 0 Å². The summed E-state index contributed by atoms with van der Waals surface area (Å²) in [7, 11) is 2.04. The van der Waals surface area contributed by atoms with Crippen LogP contribution >= 0.6 is 0 Å². The largest absolute Gasteiger partial charge is 0.325 e. The Balaban J connectivity index is 2.71. The summed E-state index contributed by atoms with van der Waals surface area (Å²) in [6.45, 7) is 6.82. The molecule has 0 spiro atoms. The van der Waals surface area contributed by atoms with E-state index in [0.717, 1.165) is 12.8 Å². The maximum absolute atomic E-state index is 6.25. The molecule has 2 nitrogen and oxygen atoms in total. The molecule has 0 saturated heterocycles. The van der Waals surface area contributed by atoms with E-state index in [1.165, 1.54) is 12.8 Å². The second-order valence-corrected chi connectivity index (χ2v) is 5.39. The van der Waals surface area contributed by atoms with E-state index in [1.54, 1.807) is 0 Å². The van der Waals surface area contributed by atoms with Gasteiger partial charge in [-0.3, -0.25) is 0 Å². The zero-order valence-electron chi connectivity index (χ0n) is 9.48. The smallest absolute Gasteiger partial charge is 0.0145 e. The van der Waals surface area contributed by atoms with E-state index in [4.69, 9.17) is 5.73 Å². The Labute approximate surface area is 82.3 Å². The van der Waals surface area contributed by atoms with Gasteiger partial charge in [0.05, 0.1) is 0 Å². The normalized spacial score (nSPS) is 46.4. The molecular formula is C11H24N2. The van der Waals surface area contributed by atoms with Gasteiger partial charge in [-0.15, -0.1) is 0 Å². The van der Waals surface area contributed by atoms with E-state index >= 15 is 0 Å². The number of rotatable bonds is 2. The van der Waals surface area contributed by atoms with Crippen molar-refractivity contribution in [1.29, 1.82) is 0 Å². The summed E-state index contributed by atoms with van der Waals surface area (Å²) in [4.78, 5) is 0. The van der Waals surface area contributed by atoms with Gasteiger partial charge < -0.3 is 11.1 Å². The minimum absolute atomic E-state index is 0.0245. The fraction of sp³-hybridized carbons (Fsp3) is 1.00. The molecule has 1 rings (SSSR count). The van der Waals surface area contributed by atoms with Crippen molar-refractivity contribution in [3.05, 3.63) is 0 Å². The lowest BCUT2D eigenvalue weighted by atomic mass is 9.65. The highest BCUT2D eigenvalue weighted by atomic mass is 14.9. The molecule has 3 unspecified atom stereocenters. The Morgan fingerprint density at radius 3 is 2.46 bits per heavy atom. The van der Waals surface area contributed by atoms with Crippen molar-refractivity contribution in [2.24, 2.45) is 11.1 Å². The summed E-state index contributed by atoms with van der Waals surface area (Å²) >= 11 is 0. The molecule has 78 valence electrons. The molecule has 0 heterocycles. The molecule has 0 aromatic carbocycles. The minimum atomic E-state index is 0.0245. The number of hydrogen-bond acceptors (Lipinski definition) is 2. The topological polar surface area (TPSA) is 38.0 Å². The van der Waals surface area contributed by atoms with E-state index < -0.39 is 0 Å². The zero-order chi connectivity index (χ0) is 10.1. The Morgan fingerprint density at radius 2 is 2.00 bits per heavy atom. The van der Waals surface area contributed by atoms with Gasteiger partial charge >= 0.3 is 0 Å². The highest BCUT2D eigenvalue weighted by Crippen LogP contribution is 2.42. The summed E-state index contributed by atoms with van der Waals surface area (Å²) in [6.07, 6.45) is 4.78. The maximum Gasteiger partial charge on any atom is 0.0145 e. The van der Waals surface area contributed by atoms with Gasteiger partial charge in [0, 0.05) is 11.6 Å². The van der Waals surface area contributed by atoms with Crippen molar-refractivity contribution in [2.45, 2.75) is 58.0 Å². The molecule has 1 aliphatic carbocycles. The van der Waals surface area contributed by atoms with Gasteiger partial charge in [0.2, 0.25) is 0 Å². The Morgan fingerprint density at radius 1 is 1.38 bits per heavy atom. The van der Waals surface area contributed by atoms with E-state index in [2.05, 4.69) is 26.1 Å². The summed E-state index contributed by atoms with van der Waals surface area (Å²) < 4.78 is 0. The molecule has 1 aliphatic rings. The molecule has 3 N–H and O–H groups in total. The van der Waals surface area contributed by atoms with Gasteiger partial charge in [0.25, 0.3) is 0 Å². The average Bonchev–Trinajstić information content (AvgIpc) is 2.01. The van der Waals surface area contributed by atoms with Gasteiger partial charge in [-0.05, 0) is 38.6 Å². The van der Waals surface area contributed by atoms with Gasteiger partial charge in [-0.25, -0.2) is 0 Å². The SMILES string of the molecule is CCC1(C)CC(NC)CC(C)(N)C1. The van der Waals surface area contributed by atoms with Crippen LogP contribution in [0.25, 0.3) is 0 Å². The van der Waals surface area contributed by atoms with E-state index in [-0.39, 0.29) is 5.54 Å². The number of nitrogens with two attached hydrogens (primary N) is 1. The second kappa shape index (κ2) is 3.58. The molecule has 0 aliphatic heterocycles. The Bertz CT molecular complexity index is 177. The number of nitrogens with one attached hydrogen (secondary N) is 1. The van der Waals surface area contributed by atoms with E-state index in [1.807, 2.05) is 7.05 Å². The third-order valence-electron chi connectivity index (χ3n) is 3.54. The van der Waals surface area contributed by atoms with Crippen LogP contribution in [0.5, 0.6) is 0 Å². The van der Waals surface area contributed by atoms with Crippen molar-refractivity contribution < 1.29 is 0 Å². The molecule has 13 heavy (non-hydrogen) atoms. The highest BCUT2D eigenvalue weighted by Gasteiger charge is 2.39. The summed E-state index contributed by atoms with van der Waals surface area (Å²) in [5.74, 6) is 0. The van der Waals surface area contributed by atoms with Gasteiger partial charge in [0.1, 0.15) is 0 Å². The molecule has 2 heteroatoms. The minimum Gasteiger partial charge on any atom is -0.325 e. The lowest BCUT2D eigenvalue weighted by Crippen LogP contribution is -2.52. The maximum atomic E-state index is 6.25. The molecule has 0 aromatic heterocycles. The van der Waals surface area contributed by atoms with Crippen LogP contribution in [-0.4, -0.2) is 18.6 Å². The van der Waals surface area contributed by atoms with E-state index in [0.29, 0.717) is 11.5 Å². The first-order chi connectivity index (χ1) is 5.91. The molecular weight excluding hydrogens is 160 g/mol. The van der Waals surface area contributed by atoms with Crippen molar-refractivity contribution in [3.63, 3.8) is 0 Å². The molecule has 1 saturated carbocycles. The van der Waals surface area contributed by atoms with Gasteiger partial charge in [-0.1, -0.05) is 20.3 Å². The molecule has 0 aromatic rings. The van der Waals surface area contributed by atoms with Crippen LogP contribution in [0.15, 0.2) is 0 Å². The Hall–Kier alpha value is -0.0800. The third-order valence-corrected chi connectivity index (χ3v) is 3.54. The lowest BCUT2D eigenvalue weighted by Gasteiger charge is -2.46. The van der Waals surface area contributed by atoms with Crippen molar-refractivity contribution in [2.75, 3.05) is 7.05 Å². The standard InChI is InChI=1S/C11H24N2/c1-5-10(2)6-9(13-4)7-11(3,12)8-10/h9,13H,5-8,12H2,1-4H3. The first-order valence-corrected chi connectivity index (χ1v) is 5.37. The van der Waals surface area contributed by atoms with Gasteiger partial charge in [0.15, 0.2) is 0 Å². The fourth-order valence-electron chi connectivity index (χ4n) is 2.82. The number of hydrogen-bond donors (Lipinski definition) is 2. The van der Waals surface area contributed by atoms with Crippen LogP contribution in [0.4, 0.5) is 0 Å². The molecule has 0 amide bonds. The van der Waals surface area contributed by atoms with Crippen LogP contribution in [0, 0.1) is 5.41 Å². The van der Waals surface area contributed by atoms with Crippen molar-refractivity contribution in [3.8, 4) is 0 Å². The van der Waals surface area contributed by atoms with Crippen LogP contribution in [-0.2, 0) is 0 Å². The van der Waals surface area contributed by atoms with Crippen LogP contribution in [0.2, 0.25) is 0 Å². The third kappa shape index (κ3) is 2.68. The molecule has 0 bridgehead atoms. The monoisotopic (exact) mass is 184 g/mol. The van der Waals surface area contributed by atoms with Crippen LogP contribution < -0.4 is 11.1 Å². The van der Waals surface area contributed by atoms with Crippen molar-refractivity contribution in [1.82, 2.24) is 5.32 Å². The summed E-state index contributed by atoms with van der Waals surface area (Å²) in [5.41, 5.74) is 6.72. The summed E-state index contributed by atoms with van der Waals surface area (Å²) in [6, 6.07) is 0.605. The zero-order valence-corrected chi connectivity index (χ0v) is 9.48. The van der Waals surface area contributed by atoms with E-state index in [9.17, 15) is 0 Å². The predicted molar refractivity (Wildman–Crippen MR) is 57.7 cm³/mol. The van der Waals surface area contributed by atoms with Crippen LogP contribution in [0.1, 0.15) is 46.5 Å². The van der Waals surface area contributed by atoms with Crippen LogP contribution in [0.3, 0.4) is 0 Å². The predicted octanol–water partition coefficient (Wildman–Crippen LogP) is 1.89. The first-order valence-electron chi connectivity index (χ1n) is 5.37. The molecule has 1 fully saturated rings. The quantitative estimate of drug-likeness (QED) is 0.688. The Kier molecular flexibility index (Phi) is 3.03. The highest BCUT2D eigenvalue weighted by molar-refractivity contribution is 4.98. The second-order valence-electron chi connectivity index (χ2n) is 5.39. The lowest BCUT2D eigenvalue weighted by molar-refractivity contribution is 0.111. The average molecular weight is 184 g/mol.